The third-order valence-electron chi connectivity index (χ3n) is 1.52. The molecular weight excluding hydrogens is 200 g/mol. The van der Waals surface area contributed by atoms with Crippen molar-refractivity contribution in [3.05, 3.63) is 12.2 Å². The lowest BCUT2D eigenvalue weighted by molar-refractivity contribution is -0.0422. The van der Waals surface area contributed by atoms with E-state index in [9.17, 15) is 0 Å². The van der Waals surface area contributed by atoms with Gasteiger partial charge in [0.25, 0.3) is 0 Å². The van der Waals surface area contributed by atoms with Crippen LogP contribution in [0.4, 0.5) is 0 Å². The zero-order chi connectivity index (χ0) is 7.72. The lowest BCUT2D eigenvalue weighted by Crippen LogP contribution is -2.43. The van der Waals surface area contributed by atoms with E-state index in [0.717, 1.165) is 0 Å². The van der Waals surface area contributed by atoms with Crippen molar-refractivity contribution < 1.29 is 15.3 Å². The van der Waals surface area contributed by atoms with Gasteiger partial charge in [-0.25, -0.2) is 0 Å². The summed E-state index contributed by atoms with van der Waals surface area (Å²) in [4.78, 5) is -0.258. The Kier molecular flexibility index (Phi) is 2.46. The van der Waals surface area contributed by atoms with Gasteiger partial charge in [0.2, 0.25) is 0 Å². The minimum absolute atomic E-state index is 0.258. The van der Waals surface area contributed by atoms with Gasteiger partial charge in [0.15, 0.2) is 0 Å². The zero-order valence-electron chi connectivity index (χ0n) is 5.18. The van der Waals surface area contributed by atoms with Crippen LogP contribution in [0.2, 0.25) is 0 Å². The van der Waals surface area contributed by atoms with Gasteiger partial charge in [0.1, 0.15) is 12.2 Å². The largest absolute Gasteiger partial charge is 0.389 e. The molecule has 0 radical (unpaired) electrons. The Morgan fingerprint density at radius 3 is 2.10 bits per heavy atom. The van der Waals surface area contributed by atoms with E-state index in [2.05, 4.69) is 15.9 Å². The first-order valence-electron chi connectivity index (χ1n) is 2.99. The molecule has 0 aromatic rings. The van der Waals surface area contributed by atoms with E-state index in [-0.39, 0.29) is 4.83 Å². The van der Waals surface area contributed by atoms with Gasteiger partial charge in [-0.3, -0.25) is 0 Å². The molecule has 0 bridgehead atoms. The van der Waals surface area contributed by atoms with Crippen LogP contribution in [0, 0.1) is 0 Å². The molecule has 4 atom stereocenters. The molecule has 0 aromatic carbocycles. The summed E-state index contributed by atoms with van der Waals surface area (Å²) in [6.07, 6.45) is 0.136. The van der Waals surface area contributed by atoms with Crippen LogP contribution < -0.4 is 0 Å². The summed E-state index contributed by atoms with van der Waals surface area (Å²) in [5.41, 5.74) is 0. The summed E-state index contributed by atoms with van der Waals surface area (Å²) in [6, 6.07) is 0. The molecule has 1 aliphatic carbocycles. The molecule has 0 saturated heterocycles. The summed E-state index contributed by atoms with van der Waals surface area (Å²) >= 11 is 3.11. The van der Waals surface area contributed by atoms with Gasteiger partial charge >= 0.3 is 0 Å². The quantitative estimate of drug-likeness (QED) is 0.369. The molecule has 10 heavy (non-hydrogen) atoms. The van der Waals surface area contributed by atoms with Crippen molar-refractivity contribution >= 4 is 15.9 Å². The fourth-order valence-electron chi connectivity index (χ4n) is 0.838. The van der Waals surface area contributed by atoms with Crippen molar-refractivity contribution in [1.29, 1.82) is 0 Å². The van der Waals surface area contributed by atoms with Gasteiger partial charge in [-0.15, -0.1) is 0 Å². The average Bonchev–Trinajstić information content (AvgIpc) is 1.93. The van der Waals surface area contributed by atoms with E-state index < -0.39 is 18.3 Å². The van der Waals surface area contributed by atoms with Crippen LogP contribution in [-0.4, -0.2) is 38.5 Å². The number of hydrogen-bond donors (Lipinski definition) is 3. The number of aliphatic hydroxyl groups is 3. The predicted molar refractivity (Wildman–Crippen MR) is 39.9 cm³/mol. The van der Waals surface area contributed by atoms with E-state index in [0.29, 0.717) is 0 Å². The van der Waals surface area contributed by atoms with Crippen molar-refractivity contribution in [1.82, 2.24) is 0 Å². The first-order chi connectivity index (χ1) is 4.63. The van der Waals surface area contributed by atoms with Crippen LogP contribution in [-0.2, 0) is 0 Å². The topological polar surface area (TPSA) is 60.7 Å². The molecule has 3 nitrogen and oxygen atoms in total. The smallest absolute Gasteiger partial charge is 0.111 e. The SMILES string of the molecule is O[C@H]1[C@H](O)C=CC(Br)[C@@H]1O. The molecule has 0 spiro atoms. The van der Waals surface area contributed by atoms with Gasteiger partial charge in [0.05, 0.1) is 10.9 Å². The molecule has 1 aliphatic rings. The second-order valence-electron chi connectivity index (χ2n) is 2.30. The van der Waals surface area contributed by atoms with Gasteiger partial charge in [0, 0.05) is 0 Å². The molecule has 1 rings (SSSR count). The number of alkyl halides is 1. The van der Waals surface area contributed by atoms with Gasteiger partial charge in [-0.1, -0.05) is 28.1 Å². The molecule has 0 aromatic heterocycles. The summed E-state index contributed by atoms with van der Waals surface area (Å²) in [5, 5.41) is 27.1. The molecule has 0 amide bonds. The van der Waals surface area contributed by atoms with Gasteiger partial charge in [-0.2, -0.15) is 0 Å². The van der Waals surface area contributed by atoms with Crippen molar-refractivity contribution in [2.75, 3.05) is 0 Å². The lowest BCUT2D eigenvalue weighted by Gasteiger charge is -2.27. The van der Waals surface area contributed by atoms with E-state index in [1.807, 2.05) is 0 Å². The fraction of sp³-hybridized carbons (Fsp3) is 0.667. The molecule has 1 unspecified atom stereocenters. The molecule has 0 aliphatic heterocycles. The predicted octanol–water partition coefficient (Wildman–Crippen LogP) is -0.598. The van der Waals surface area contributed by atoms with Crippen LogP contribution in [0.3, 0.4) is 0 Å². The maximum atomic E-state index is 9.11. The third-order valence-corrected chi connectivity index (χ3v) is 2.37. The Hall–Kier alpha value is 0.1000. The number of aliphatic hydroxyl groups excluding tert-OH is 3. The minimum Gasteiger partial charge on any atom is -0.389 e. The number of halogens is 1. The molecule has 0 heterocycles. The minimum atomic E-state index is -1.07. The lowest BCUT2D eigenvalue weighted by atomic mass is 9.99. The zero-order valence-corrected chi connectivity index (χ0v) is 6.77. The first kappa shape index (κ1) is 8.20. The third kappa shape index (κ3) is 1.40. The van der Waals surface area contributed by atoms with Gasteiger partial charge < -0.3 is 15.3 Å². The summed E-state index contributed by atoms with van der Waals surface area (Å²) in [6.45, 7) is 0. The van der Waals surface area contributed by atoms with Crippen LogP contribution in [0.1, 0.15) is 0 Å². The molecule has 0 fully saturated rings. The standard InChI is InChI=1S/C6H9BrO3/c7-3-1-2-4(8)6(10)5(3)9/h1-6,8-10H/t3?,4-,5+,6+/m1/s1. The molecule has 58 valence electrons. The maximum Gasteiger partial charge on any atom is 0.111 e. The van der Waals surface area contributed by atoms with Crippen LogP contribution in [0.15, 0.2) is 12.2 Å². The normalized spacial score (nSPS) is 47.6. The highest BCUT2D eigenvalue weighted by molar-refractivity contribution is 9.09. The van der Waals surface area contributed by atoms with Gasteiger partial charge in [-0.05, 0) is 0 Å². The summed E-state index contributed by atoms with van der Waals surface area (Å²) < 4.78 is 0. The van der Waals surface area contributed by atoms with Crippen molar-refractivity contribution in [3.63, 3.8) is 0 Å². The van der Waals surface area contributed by atoms with Crippen molar-refractivity contribution in [2.24, 2.45) is 0 Å². The van der Waals surface area contributed by atoms with Crippen LogP contribution >= 0.6 is 15.9 Å². The highest BCUT2D eigenvalue weighted by Crippen LogP contribution is 2.19. The molecule has 3 N–H and O–H groups in total. The summed E-state index contributed by atoms with van der Waals surface area (Å²) in [7, 11) is 0. The maximum absolute atomic E-state index is 9.11. The number of hydrogen-bond acceptors (Lipinski definition) is 3. The van der Waals surface area contributed by atoms with Crippen LogP contribution in [0.5, 0.6) is 0 Å². The second kappa shape index (κ2) is 3.00. The van der Waals surface area contributed by atoms with Crippen LogP contribution in [0.25, 0.3) is 0 Å². The van der Waals surface area contributed by atoms with Crippen molar-refractivity contribution in [3.8, 4) is 0 Å². The molecular formula is C6H9BrO3. The van der Waals surface area contributed by atoms with E-state index in [1.165, 1.54) is 6.08 Å². The fourth-order valence-corrected chi connectivity index (χ4v) is 1.33. The Labute approximate surface area is 67.1 Å². The molecule has 0 saturated carbocycles. The highest BCUT2D eigenvalue weighted by atomic mass is 79.9. The van der Waals surface area contributed by atoms with E-state index >= 15 is 0 Å². The van der Waals surface area contributed by atoms with Crippen molar-refractivity contribution in [2.45, 2.75) is 23.1 Å². The Morgan fingerprint density at radius 2 is 1.60 bits per heavy atom. The Balaban J connectivity index is 2.69. The first-order valence-corrected chi connectivity index (χ1v) is 3.91. The number of rotatable bonds is 0. The molecule has 4 heteroatoms. The monoisotopic (exact) mass is 208 g/mol. The van der Waals surface area contributed by atoms with E-state index in [1.54, 1.807) is 6.08 Å². The van der Waals surface area contributed by atoms with E-state index in [4.69, 9.17) is 15.3 Å². The Morgan fingerprint density at radius 1 is 1.00 bits per heavy atom. The summed E-state index contributed by atoms with van der Waals surface area (Å²) in [5.74, 6) is 0. The average molecular weight is 209 g/mol. The Bertz CT molecular complexity index is 132. The highest BCUT2D eigenvalue weighted by Gasteiger charge is 2.30. The second-order valence-corrected chi connectivity index (χ2v) is 3.36.